The Bertz CT molecular complexity index is 281. The maximum Gasteiger partial charge on any atom is 0.213 e. The molecule has 0 radical (unpaired) electrons. The van der Waals surface area contributed by atoms with Gasteiger partial charge >= 0.3 is 0 Å². The van der Waals surface area contributed by atoms with Crippen molar-refractivity contribution in [3.8, 4) is 5.88 Å². The van der Waals surface area contributed by atoms with Gasteiger partial charge in [-0.15, -0.1) is 11.6 Å². The highest BCUT2D eigenvalue weighted by molar-refractivity contribution is 6.17. The lowest BCUT2D eigenvalue weighted by molar-refractivity contribution is 0.395. The molecule has 0 aliphatic rings. The zero-order valence-corrected chi connectivity index (χ0v) is 9.76. The minimum absolute atomic E-state index is 0.662. The summed E-state index contributed by atoms with van der Waals surface area (Å²) in [5.74, 6) is 1.40. The van der Waals surface area contributed by atoms with Crippen molar-refractivity contribution in [2.24, 2.45) is 0 Å². The van der Waals surface area contributed by atoms with Crippen LogP contribution in [0, 0.1) is 0 Å². The van der Waals surface area contributed by atoms with Gasteiger partial charge in [0.1, 0.15) is 0 Å². The second kappa shape index (κ2) is 7.49. The minimum Gasteiger partial charge on any atom is -0.481 e. The number of nitrogens with one attached hydrogen (secondary N) is 1. The monoisotopic (exact) mass is 228 g/mol. The number of halogens is 1. The van der Waals surface area contributed by atoms with Crippen molar-refractivity contribution < 1.29 is 4.74 Å². The molecule has 1 aromatic heterocycles. The molecule has 0 aromatic carbocycles. The summed E-state index contributed by atoms with van der Waals surface area (Å²) < 4.78 is 5.04. The number of hydrogen-bond donors (Lipinski definition) is 1. The molecule has 0 atom stereocenters. The van der Waals surface area contributed by atoms with E-state index in [2.05, 4.69) is 10.3 Å². The van der Waals surface area contributed by atoms with E-state index in [9.17, 15) is 0 Å². The summed E-state index contributed by atoms with van der Waals surface area (Å²) >= 11 is 5.58. The molecule has 1 N–H and O–H groups in total. The van der Waals surface area contributed by atoms with E-state index < -0.39 is 0 Å². The fourth-order valence-electron chi connectivity index (χ4n) is 1.23. The highest BCUT2D eigenvalue weighted by Gasteiger charge is 1.96. The van der Waals surface area contributed by atoms with Gasteiger partial charge in [0.15, 0.2) is 0 Å². The van der Waals surface area contributed by atoms with Crippen molar-refractivity contribution in [3.05, 3.63) is 23.9 Å². The Kier molecular flexibility index (Phi) is 6.12. The number of rotatable bonds is 7. The second-order valence-electron chi connectivity index (χ2n) is 3.24. The van der Waals surface area contributed by atoms with Crippen LogP contribution in [0.4, 0.5) is 0 Å². The third kappa shape index (κ3) is 5.00. The number of methoxy groups -OCH3 is 1. The summed E-state index contributed by atoms with van der Waals surface area (Å²) in [6.07, 6.45) is 2.16. The van der Waals surface area contributed by atoms with Gasteiger partial charge in [0.2, 0.25) is 5.88 Å². The molecule has 1 rings (SSSR count). The van der Waals surface area contributed by atoms with Gasteiger partial charge < -0.3 is 10.1 Å². The molecule has 4 heteroatoms. The lowest BCUT2D eigenvalue weighted by atomic mass is 10.3. The maximum absolute atomic E-state index is 5.58. The van der Waals surface area contributed by atoms with E-state index in [0.29, 0.717) is 5.88 Å². The van der Waals surface area contributed by atoms with Crippen LogP contribution >= 0.6 is 11.6 Å². The van der Waals surface area contributed by atoms with Crippen LogP contribution in [-0.4, -0.2) is 24.5 Å². The number of nitrogens with zero attached hydrogens (tertiary/aromatic N) is 1. The first-order valence-electron chi connectivity index (χ1n) is 5.13. The van der Waals surface area contributed by atoms with Crippen LogP contribution in [0.5, 0.6) is 5.88 Å². The number of alkyl halides is 1. The zero-order chi connectivity index (χ0) is 10.9. The van der Waals surface area contributed by atoms with E-state index in [0.717, 1.165) is 37.5 Å². The predicted molar refractivity (Wildman–Crippen MR) is 62.4 cm³/mol. The molecule has 0 aliphatic carbocycles. The molecule has 1 heterocycles. The van der Waals surface area contributed by atoms with Crippen LogP contribution in [0.3, 0.4) is 0 Å². The SMILES string of the molecule is COc1cccc(CNCCCCCl)n1. The van der Waals surface area contributed by atoms with Gasteiger partial charge in [0.05, 0.1) is 12.8 Å². The van der Waals surface area contributed by atoms with Crippen LogP contribution in [0.15, 0.2) is 18.2 Å². The maximum atomic E-state index is 5.58. The quantitative estimate of drug-likeness (QED) is 0.574. The lowest BCUT2D eigenvalue weighted by Crippen LogP contribution is -2.15. The fourth-order valence-corrected chi connectivity index (χ4v) is 1.42. The summed E-state index contributed by atoms with van der Waals surface area (Å²) in [4.78, 5) is 4.30. The summed E-state index contributed by atoms with van der Waals surface area (Å²) in [7, 11) is 1.63. The molecule has 0 unspecified atom stereocenters. The molecule has 1 aromatic rings. The van der Waals surface area contributed by atoms with Crippen LogP contribution in [0.1, 0.15) is 18.5 Å². The molecular weight excluding hydrogens is 212 g/mol. The number of hydrogen-bond acceptors (Lipinski definition) is 3. The third-order valence-electron chi connectivity index (χ3n) is 2.03. The third-order valence-corrected chi connectivity index (χ3v) is 2.30. The molecule has 0 spiro atoms. The molecule has 3 nitrogen and oxygen atoms in total. The molecule has 0 fully saturated rings. The molecule has 15 heavy (non-hydrogen) atoms. The molecule has 0 amide bonds. The van der Waals surface area contributed by atoms with Crippen LogP contribution in [0.25, 0.3) is 0 Å². The first kappa shape index (κ1) is 12.3. The van der Waals surface area contributed by atoms with Crippen molar-refractivity contribution in [1.82, 2.24) is 10.3 Å². The van der Waals surface area contributed by atoms with E-state index in [4.69, 9.17) is 16.3 Å². The minimum atomic E-state index is 0.662. The Labute approximate surface area is 95.8 Å². The average Bonchev–Trinajstić information content (AvgIpc) is 2.29. The van der Waals surface area contributed by atoms with Crippen molar-refractivity contribution in [2.75, 3.05) is 19.5 Å². The molecule has 0 bridgehead atoms. The van der Waals surface area contributed by atoms with Crippen molar-refractivity contribution in [2.45, 2.75) is 19.4 Å². The van der Waals surface area contributed by atoms with Gasteiger partial charge in [0, 0.05) is 18.5 Å². The predicted octanol–water partition coefficient (Wildman–Crippen LogP) is 2.20. The molecule has 0 saturated heterocycles. The Morgan fingerprint density at radius 1 is 1.40 bits per heavy atom. The molecule has 0 aliphatic heterocycles. The number of ether oxygens (including phenoxy) is 1. The number of aromatic nitrogens is 1. The van der Waals surface area contributed by atoms with E-state index in [1.54, 1.807) is 7.11 Å². The molecular formula is C11H17ClN2O. The summed E-state index contributed by atoms with van der Waals surface area (Å²) in [6, 6.07) is 5.77. The van der Waals surface area contributed by atoms with E-state index in [1.807, 2.05) is 18.2 Å². The summed E-state index contributed by atoms with van der Waals surface area (Å²) in [5.41, 5.74) is 1.00. The van der Waals surface area contributed by atoms with Gasteiger partial charge in [-0.25, -0.2) is 4.98 Å². The van der Waals surface area contributed by atoms with Crippen LogP contribution in [0.2, 0.25) is 0 Å². The van der Waals surface area contributed by atoms with Crippen LogP contribution < -0.4 is 10.1 Å². The highest BCUT2D eigenvalue weighted by atomic mass is 35.5. The Hall–Kier alpha value is -0.800. The Morgan fingerprint density at radius 3 is 3.00 bits per heavy atom. The molecule has 0 saturated carbocycles. The van der Waals surface area contributed by atoms with Gasteiger partial charge in [0.25, 0.3) is 0 Å². The van der Waals surface area contributed by atoms with E-state index in [1.165, 1.54) is 0 Å². The zero-order valence-electron chi connectivity index (χ0n) is 9.00. The van der Waals surface area contributed by atoms with E-state index >= 15 is 0 Å². The van der Waals surface area contributed by atoms with Gasteiger partial charge in [-0.2, -0.15) is 0 Å². The lowest BCUT2D eigenvalue weighted by Gasteiger charge is -2.05. The molecule has 84 valence electrons. The summed E-state index contributed by atoms with van der Waals surface area (Å²) in [5, 5.41) is 3.31. The van der Waals surface area contributed by atoms with Gasteiger partial charge in [-0.3, -0.25) is 0 Å². The highest BCUT2D eigenvalue weighted by Crippen LogP contribution is 2.06. The Balaban J connectivity index is 2.24. The smallest absolute Gasteiger partial charge is 0.213 e. The standard InChI is InChI=1S/C11H17ClN2O/c1-15-11-6-4-5-10(14-11)9-13-8-3-2-7-12/h4-6,13H,2-3,7-9H2,1H3. The first-order chi connectivity index (χ1) is 7.36. The second-order valence-corrected chi connectivity index (χ2v) is 3.62. The average molecular weight is 229 g/mol. The summed E-state index contributed by atoms with van der Waals surface area (Å²) in [6.45, 7) is 1.76. The number of pyridine rings is 1. The normalized spacial score (nSPS) is 10.3. The number of unbranched alkanes of at least 4 members (excludes halogenated alkanes) is 1. The topological polar surface area (TPSA) is 34.1 Å². The van der Waals surface area contributed by atoms with E-state index in [-0.39, 0.29) is 0 Å². The van der Waals surface area contributed by atoms with Gasteiger partial charge in [-0.1, -0.05) is 6.07 Å². The van der Waals surface area contributed by atoms with Crippen molar-refractivity contribution in [1.29, 1.82) is 0 Å². The van der Waals surface area contributed by atoms with Crippen molar-refractivity contribution in [3.63, 3.8) is 0 Å². The largest absolute Gasteiger partial charge is 0.481 e. The fraction of sp³-hybridized carbons (Fsp3) is 0.545. The van der Waals surface area contributed by atoms with Crippen LogP contribution in [-0.2, 0) is 6.54 Å². The van der Waals surface area contributed by atoms with Gasteiger partial charge in [-0.05, 0) is 25.5 Å². The first-order valence-corrected chi connectivity index (χ1v) is 5.67. The van der Waals surface area contributed by atoms with Crippen molar-refractivity contribution >= 4 is 11.6 Å². The Morgan fingerprint density at radius 2 is 2.27 bits per heavy atom.